The summed E-state index contributed by atoms with van der Waals surface area (Å²) in [7, 11) is -3.49. The van der Waals surface area contributed by atoms with E-state index in [1.165, 1.54) is 16.8 Å². The summed E-state index contributed by atoms with van der Waals surface area (Å²) >= 11 is 1.74. The molecule has 5 rings (SSSR count). The molecule has 0 unspecified atom stereocenters. The highest BCUT2D eigenvalue weighted by molar-refractivity contribution is 7.89. The van der Waals surface area contributed by atoms with Crippen LogP contribution in [0.15, 0.2) is 53.4 Å². The molecular weight excluding hydrogens is 418 g/mol. The number of amides is 1. The normalized spacial score (nSPS) is 18.1. The zero-order chi connectivity index (χ0) is 20.7. The van der Waals surface area contributed by atoms with Gasteiger partial charge >= 0.3 is 0 Å². The van der Waals surface area contributed by atoms with Crippen molar-refractivity contribution in [2.45, 2.75) is 42.5 Å². The average Bonchev–Trinajstić information content (AvgIpc) is 3.46. The minimum Gasteiger partial charge on any atom is -0.339 e. The minimum absolute atomic E-state index is 0.0446. The Bertz CT molecular complexity index is 1140. The van der Waals surface area contributed by atoms with Crippen molar-refractivity contribution >= 4 is 37.5 Å². The number of para-hydroxylation sites is 1. The number of nitrogens with zero attached hydrogens (tertiary/aromatic N) is 2. The SMILES string of the molecule is O=C(c1ccc(S(=O)(=O)NC2CC2)cc1)N1CCC(c2nc3ccccc3s2)CC1. The van der Waals surface area contributed by atoms with E-state index in [2.05, 4.69) is 10.8 Å². The predicted molar refractivity (Wildman–Crippen MR) is 117 cm³/mol. The van der Waals surface area contributed by atoms with Gasteiger partial charge in [-0.2, -0.15) is 0 Å². The Morgan fingerprint density at radius 1 is 1.00 bits per heavy atom. The molecule has 1 aliphatic carbocycles. The van der Waals surface area contributed by atoms with Crippen LogP contribution < -0.4 is 4.72 Å². The van der Waals surface area contributed by atoms with Gasteiger partial charge in [-0.25, -0.2) is 18.1 Å². The number of nitrogens with one attached hydrogen (secondary N) is 1. The second kappa shape index (κ2) is 7.76. The number of carbonyl (C=O) groups excluding carboxylic acids is 1. The molecule has 1 N–H and O–H groups in total. The molecular formula is C22H23N3O3S2. The molecule has 2 heterocycles. The Morgan fingerprint density at radius 3 is 2.37 bits per heavy atom. The zero-order valence-corrected chi connectivity index (χ0v) is 18.1. The molecule has 0 bridgehead atoms. The van der Waals surface area contributed by atoms with E-state index in [1.807, 2.05) is 23.1 Å². The van der Waals surface area contributed by atoms with Crippen molar-refractivity contribution in [3.63, 3.8) is 0 Å². The summed E-state index contributed by atoms with van der Waals surface area (Å²) in [5, 5.41) is 1.15. The summed E-state index contributed by atoms with van der Waals surface area (Å²) in [5.41, 5.74) is 1.57. The van der Waals surface area contributed by atoms with E-state index in [0.717, 1.165) is 36.2 Å². The lowest BCUT2D eigenvalue weighted by Gasteiger charge is -2.31. The number of hydrogen-bond acceptors (Lipinski definition) is 5. The van der Waals surface area contributed by atoms with Crippen LogP contribution in [0.1, 0.15) is 47.0 Å². The van der Waals surface area contributed by atoms with Crippen LogP contribution in [0, 0.1) is 0 Å². The third-order valence-electron chi connectivity index (χ3n) is 5.75. The monoisotopic (exact) mass is 441 g/mol. The van der Waals surface area contributed by atoms with Gasteiger partial charge in [0.2, 0.25) is 10.0 Å². The maximum atomic E-state index is 12.9. The second-order valence-electron chi connectivity index (χ2n) is 8.01. The molecule has 0 radical (unpaired) electrons. The molecule has 1 saturated carbocycles. The molecule has 1 amide bonds. The molecule has 8 heteroatoms. The Kier molecular flexibility index (Phi) is 5.08. The molecule has 3 aromatic rings. The van der Waals surface area contributed by atoms with Crippen molar-refractivity contribution in [1.29, 1.82) is 0 Å². The van der Waals surface area contributed by atoms with Crippen molar-refractivity contribution in [3.8, 4) is 0 Å². The summed E-state index contributed by atoms with van der Waals surface area (Å²) in [6, 6.07) is 14.5. The fourth-order valence-corrected chi connectivity index (χ4v) is 6.28. The van der Waals surface area contributed by atoms with Crippen molar-refractivity contribution in [1.82, 2.24) is 14.6 Å². The van der Waals surface area contributed by atoms with Crippen LogP contribution in [0.3, 0.4) is 0 Å². The maximum absolute atomic E-state index is 12.9. The van der Waals surface area contributed by atoms with Gasteiger partial charge in [0.15, 0.2) is 0 Å². The number of piperidine rings is 1. The smallest absolute Gasteiger partial charge is 0.253 e. The van der Waals surface area contributed by atoms with Crippen molar-refractivity contribution < 1.29 is 13.2 Å². The van der Waals surface area contributed by atoms with Crippen LogP contribution in [0.25, 0.3) is 10.2 Å². The molecule has 6 nitrogen and oxygen atoms in total. The molecule has 1 aliphatic heterocycles. The van der Waals surface area contributed by atoms with Gasteiger partial charge in [0.1, 0.15) is 0 Å². The summed E-state index contributed by atoms with van der Waals surface area (Å²) in [5.74, 6) is 0.337. The largest absolute Gasteiger partial charge is 0.339 e. The van der Waals surface area contributed by atoms with E-state index >= 15 is 0 Å². The summed E-state index contributed by atoms with van der Waals surface area (Å²) in [4.78, 5) is 19.7. The van der Waals surface area contributed by atoms with Crippen LogP contribution in [0.4, 0.5) is 0 Å². The van der Waals surface area contributed by atoms with Gasteiger partial charge < -0.3 is 4.90 Å². The summed E-state index contributed by atoms with van der Waals surface area (Å²) < 4.78 is 28.4. The molecule has 2 fully saturated rings. The third-order valence-corrected chi connectivity index (χ3v) is 8.49. The first kappa shape index (κ1) is 19.7. The number of hydrogen-bond donors (Lipinski definition) is 1. The third kappa shape index (κ3) is 3.99. The highest BCUT2D eigenvalue weighted by atomic mass is 32.2. The topological polar surface area (TPSA) is 79.4 Å². The lowest BCUT2D eigenvalue weighted by molar-refractivity contribution is 0.0713. The number of sulfonamides is 1. The van der Waals surface area contributed by atoms with Gasteiger partial charge in [-0.05, 0) is 62.1 Å². The lowest BCUT2D eigenvalue weighted by Crippen LogP contribution is -2.37. The van der Waals surface area contributed by atoms with Crippen molar-refractivity contribution in [3.05, 3.63) is 59.1 Å². The molecule has 0 spiro atoms. The number of fused-ring (bicyclic) bond motifs is 1. The highest BCUT2D eigenvalue weighted by Crippen LogP contribution is 2.34. The van der Waals surface area contributed by atoms with Gasteiger partial charge in [0, 0.05) is 30.6 Å². The Balaban J connectivity index is 1.23. The number of benzene rings is 2. The molecule has 1 saturated heterocycles. The Morgan fingerprint density at radius 2 is 1.70 bits per heavy atom. The van der Waals surface area contributed by atoms with E-state index in [1.54, 1.807) is 23.5 Å². The quantitative estimate of drug-likeness (QED) is 0.654. The number of rotatable bonds is 5. The summed E-state index contributed by atoms with van der Waals surface area (Å²) in [6.07, 6.45) is 3.57. The predicted octanol–water partition coefficient (Wildman–Crippen LogP) is 3.76. The fourth-order valence-electron chi connectivity index (χ4n) is 3.84. The molecule has 2 aromatic carbocycles. The van der Waals surface area contributed by atoms with E-state index in [4.69, 9.17) is 4.98 Å². The Labute approximate surface area is 180 Å². The van der Waals surface area contributed by atoms with E-state index in [0.29, 0.717) is 24.6 Å². The average molecular weight is 442 g/mol. The van der Waals surface area contributed by atoms with E-state index < -0.39 is 10.0 Å². The molecule has 30 heavy (non-hydrogen) atoms. The zero-order valence-electron chi connectivity index (χ0n) is 16.5. The second-order valence-corrected chi connectivity index (χ2v) is 10.8. The number of carbonyl (C=O) groups is 1. The molecule has 156 valence electrons. The van der Waals surface area contributed by atoms with Crippen LogP contribution in [-0.2, 0) is 10.0 Å². The van der Waals surface area contributed by atoms with Crippen LogP contribution in [0.5, 0.6) is 0 Å². The Hall–Kier alpha value is -2.29. The first-order chi connectivity index (χ1) is 14.5. The lowest BCUT2D eigenvalue weighted by atomic mass is 9.97. The molecule has 0 atom stereocenters. The van der Waals surface area contributed by atoms with Crippen molar-refractivity contribution in [2.75, 3.05) is 13.1 Å². The molecule has 2 aliphatic rings. The van der Waals surface area contributed by atoms with Crippen LogP contribution in [-0.4, -0.2) is 43.3 Å². The summed E-state index contributed by atoms with van der Waals surface area (Å²) in [6.45, 7) is 1.37. The van der Waals surface area contributed by atoms with Crippen molar-refractivity contribution in [2.24, 2.45) is 0 Å². The first-order valence-electron chi connectivity index (χ1n) is 10.3. The van der Waals surface area contributed by atoms with E-state index in [9.17, 15) is 13.2 Å². The van der Waals surface area contributed by atoms with Crippen LogP contribution >= 0.6 is 11.3 Å². The van der Waals surface area contributed by atoms with Gasteiger partial charge in [-0.1, -0.05) is 12.1 Å². The van der Waals surface area contributed by atoms with Gasteiger partial charge in [0.05, 0.1) is 20.1 Å². The van der Waals surface area contributed by atoms with Crippen LogP contribution in [0.2, 0.25) is 0 Å². The number of likely N-dealkylation sites (tertiary alicyclic amines) is 1. The maximum Gasteiger partial charge on any atom is 0.253 e. The first-order valence-corrected chi connectivity index (χ1v) is 12.6. The fraction of sp³-hybridized carbons (Fsp3) is 0.364. The number of aromatic nitrogens is 1. The van der Waals surface area contributed by atoms with E-state index in [-0.39, 0.29) is 16.8 Å². The highest BCUT2D eigenvalue weighted by Gasteiger charge is 2.29. The van der Waals surface area contributed by atoms with Gasteiger partial charge in [-0.3, -0.25) is 4.79 Å². The number of thiazole rings is 1. The van der Waals surface area contributed by atoms with Gasteiger partial charge in [-0.15, -0.1) is 11.3 Å². The standard InChI is InChI=1S/C22H23N3O3S2/c26-22(16-5-9-18(10-6-16)30(27,28)24-17-7-8-17)25-13-11-15(12-14-25)21-23-19-3-1-2-4-20(19)29-21/h1-6,9-10,15,17,24H,7-8,11-14H2. The van der Waals surface area contributed by atoms with Gasteiger partial charge in [0.25, 0.3) is 5.91 Å². The molecule has 1 aromatic heterocycles. The minimum atomic E-state index is -3.49.